The Hall–Kier alpha value is -1.05. The standard InChI is InChI=1S/C21H39N2/c1-2-3-4-5-6-7-8-9-10-11-12-13-14-15-18-23-19-16-17-21(22)20-23/h16-17,19-20H,2-15,18,22H2,1H3/q+1. The number of hydrogen-bond donors (Lipinski definition) is 1. The van der Waals surface area contributed by atoms with Gasteiger partial charge in [0.25, 0.3) is 0 Å². The molecule has 0 aromatic carbocycles. The fourth-order valence-corrected chi connectivity index (χ4v) is 3.17. The van der Waals surface area contributed by atoms with Crippen LogP contribution < -0.4 is 10.3 Å². The number of nitrogen functional groups attached to an aromatic ring is 1. The highest BCUT2D eigenvalue weighted by Crippen LogP contribution is 2.12. The van der Waals surface area contributed by atoms with Crippen molar-refractivity contribution in [3.63, 3.8) is 0 Å². The summed E-state index contributed by atoms with van der Waals surface area (Å²) < 4.78 is 2.20. The largest absolute Gasteiger partial charge is 0.394 e. The molecule has 0 spiro atoms. The van der Waals surface area contributed by atoms with E-state index in [-0.39, 0.29) is 0 Å². The molecule has 1 rings (SSSR count). The average molecular weight is 320 g/mol. The van der Waals surface area contributed by atoms with Gasteiger partial charge >= 0.3 is 0 Å². The highest BCUT2D eigenvalue weighted by Gasteiger charge is 2.00. The van der Waals surface area contributed by atoms with Gasteiger partial charge in [-0.2, -0.15) is 0 Å². The molecule has 2 N–H and O–H groups in total. The summed E-state index contributed by atoms with van der Waals surface area (Å²) in [5.41, 5.74) is 6.65. The third-order valence-corrected chi connectivity index (χ3v) is 4.65. The second kappa shape index (κ2) is 14.5. The maximum atomic E-state index is 5.79. The summed E-state index contributed by atoms with van der Waals surface area (Å²) >= 11 is 0. The highest BCUT2D eigenvalue weighted by atomic mass is 14.9. The molecule has 0 radical (unpaired) electrons. The molecule has 23 heavy (non-hydrogen) atoms. The monoisotopic (exact) mass is 319 g/mol. The fraction of sp³-hybridized carbons (Fsp3) is 0.762. The summed E-state index contributed by atoms with van der Waals surface area (Å²) in [4.78, 5) is 0. The molecule has 0 saturated carbocycles. The lowest BCUT2D eigenvalue weighted by Gasteiger charge is -2.03. The van der Waals surface area contributed by atoms with E-state index >= 15 is 0 Å². The average Bonchev–Trinajstić information content (AvgIpc) is 2.55. The van der Waals surface area contributed by atoms with Crippen LogP contribution in [0, 0.1) is 0 Å². The molecule has 2 heteroatoms. The van der Waals surface area contributed by atoms with Gasteiger partial charge in [-0.1, -0.05) is 84.0 Å². The lowest BCUT2D eigenvalue weighted by Crippen LogP contribution is -2.32. The van der Waals surface area contributed by atoms with Gasteiger partial charge in [-0.05, 0) is 12.5 Å². The molecule has 0 aliphatic rings. The van der Waals surface area contributed by atoms with Crippen molar-refractivity contribution in [3.8, 4) is 0 Å². The van der Waals surface area contributed by atoms with Crippen LogP contribution in [0.15, 0.2) is 24.5 Å². The topological polar surface area (TPSA) is 29.9 Å². The molecule has 1 heterocycles. The van der Waals surface area contributed by atoms with Crippen molar-refractivity contribution < 1.29 is 4.57 Å². The Labute approximate surface area is 144 Å². The van der Waals surface area contributed by atoms with Crippen LogP contribution in [0.3, 0.4) is 0 Å². The van der Waals surface area contributed by atoms with Crippen molar-refractivity contribution in [2.24, 2.45) is 0 Å². The van der Waals surface area contributed by atoms with Crippen LogP contribution in [0.4, 0.5) is 5.69 Å². The maximum absolute atomic E-state index is 5.79. The summed E-state index contributed by atoms with van der Waals surface area (Å²) in [7, 11) is 0. The van der Waals surface area contributed by atoms with Gasteiger partial charge in [0.15, 0.2) is 12.4 Å². The summed E-state index contributed by atoms with van der Waals surface area (Å²) in [6.45, 7) is 3.39. The Kier molecular flexibility index (Phi) is 12.6. The van der Waals surface area contributed by atoms with Crippen LogP contribution in [0.25, 0.3) is 0 Å². The summed E-state index contributed by atoms with van der Waals surface area (Å²) in [5.74, 6) is 0. The molecule has 2 nitrogen and oxygen atoms in total. The number of rotatable bonds is 15. The zero-order valence-corrected chi connectivity index (χ0v) is 15.4. The number of nitrogens with two attached hydrogens (primary N) is 1. The molecule has 0 aliphatic heterocycles. The lowest BCUT2D eigenvalue weighted by molar-refractivity contribution is -0.696. The minimum absolute atomic E-state index is 0.859. The molecule has 0 fully saturated rings. The molecule has 0 aliphatic carbocycles. The van der Waals surface area contributed by atoms with E-state index in [1.165, 1.54) is 89.9 Å². The van der Waals surface area contributed by atoms with Gasteiger partial charge in [0.1, 0.15) is 6.54 Å². The lowest BCUT2D eigenvalue weighted by atomic mass is 10.0. The number of nitrogens with zero attached hydrogens (tertiary/aromatic N) is 1. The van der Waals surface area contributed by atoms with Crippen molar-refractivity contribution in [1.29, 1.82) is 0 Å². The van der Waals surface area contributed by atoms with E-state index in [9.17, 15) is 0 Å². The maximum Gasteiger partial charge on any atom is 0.191 e. The van der Waals surface area contributed by atoms with Gasteiger partial charge in [0, 0.05) is 12.5 Å². The first-order valence-corrected chi connectivity index (χ1v) is 10.1. The Morgan fingerprint density at radius 2 is 1.22 bits per heavy atom. The van der Waals surface area contributed by atoms with Gasteiger partial charge < -0.3 is 5.73 Å². The Morgan fingerprint density at radius 1 is 0.739 bits per heavy atom. The molecular weight excluding hydrogens is 280 g/mol. The molecule has 1 aromatic heterocycles. The van der Waals surface area contributed by atoms with Crippen LogP contribution in [0.5, 0.6) is 0 Å². The van der Waals surface area contributed by atoms with Crippen molar-refractivity contribution in [2.75, 3.05) is 5.73 Å². The zero-order chi connectivity index (χ0) is 16.6. The van der Waals surface area contributed by atoms with E-state index in [2.05, 4.69) is 17.7 Å². The predicted molar refractivity (Wildman–Crippen MR) is 101 cm³/mol. The summed E-state index contributed by atoms with van der Waals surface area (Å²) in [6.07, 6.45) is 24.0. The molecule has 0 saturated heterocycles. The third kappa shape index (κ3) is 12.1. The number of aromatic nitrogens is 1. The van der Waals surface area contributed by atoms with E-state index in [1.807, 2.05) is 18.3 Å². The molecule has 0 unspecified atom stereocenters. The predicted octanol–water partition coefficient (Wildman–Crippen LogP) is 6.04. The fourth-order valence-electron chi connectivity index (χ4n) is 3.17. The number of aryl methyl sites for hydroxylation is 1. The molecule has 1 aromatic rings. The van der Waals surface area contributed by atoms with Crippen LogP contribution in [0.1, 0.15) is 96.8 Å². The highest BCUT2D eigenvalue weighted by molar-refractivity contribution is 5.30. The van der Waals surface area contributed by atoms with Gasteiger partial charge in [0.05, 0.1) is 5.69 Å². The summed E-state index contributed by atoms with van der Waals surface area (Å²) in [6, 6.07) is 3.97. The first-order valence-electron chi connectivity index (χ1n) is 10.1. The molecule has 0 bridgehead atoms. The quantitative estimate of drug-likeness (QED) is 0.310. The zero-order valence-electron chi connectivity index (χ0n) is 15.4. The molecular formula is C21H39N2+. The van der Waals surface area contributed by atoms with E-state index in [1.54, 1.807) is 0 Å². The molecule has 0 amide bonds. The van der Waals surface area contributed by atoms with E-state index in [4.69, 9.17) is 5.73 Å². The van der Waals surface area contributed by atoms with Crippen LogP contribution in [-0.2, 0) is 6.54 Å². The van der Waals surface area contributed by atoms with E-state index in [0.29, 0.717) is 0 Å². The third-order valence-electron chi connectivity index (χ3n) is 4.65. The van der Waals surface area contributed by atoms with Gasteiger partial charge in [-0.25, -0.2) is 4.57 Å². The van der Waals surface area contributed by atoms with Gasteiger partial charge in [-0.15, -0.1) is 0 Å². The second-order valence-electron chi connectivity index (χ2n) is 6.97. The number of pyridine rings is 1. The van der Waals surface area contributed by atoms with Crippen molar-refractivity contribution in [1.82, 2.24) is 0 Å². The van der Waals surface area contributed by atoms with Gasteiger partial charge in [-0.3, -0.25) is 0 Å². The van der Waals surface area contributed by atoms with E-state index < -0.39 is 0 Å². The number of anilines is 1. The summed E-state index contributed by atoms with van der Waals surface area (Å²) in [5, 5.41) is 0. The van der Waals surface area contributed by atoms with Crippen LogP contribution >= 0.6 is 0 Å². The number of unbranched alkanes of at least 4 members (excludes halogenated alkanes) is 13. The normalized spacial score (nSPS) is 11.0. The smallest absolute Gasteiger partial charge is 0.191 e. The number of hydrogen-bond acceptors (Lipinski definition) is 1. The van der Waals surface area contributed by atoms with Gasteiger partial charge in [0.2, 0.25) is 0 Å². The first-order chi connectivity index (χ1) is 11.3. The second-order valence-corrected chi connectivity index (χ2v) is 6.97. The van der Waals surface area contributed by atoms with Crippen LogP contribution in [0.2, 0.25) is 0 Å². The Balaban J connectivity index is 1.78. The van der Waals surface area contributed by atoms with Crippen molar-refractivity contribution in [2.45, 2.75) is 103 Å². The van der Waals surface area contributed by atoms with Crippen molar-refractivity contribution in [3.05, 3.63) is 24.5 Å². The van der Waals surface area contributed by atoms with Crippen LogP contribution in [-0.4, -0.2) is 0 Å². The Bertz CT molecular complexity index is 376. The Morgan fingerprint density at radius 3 is 1.70 bits per heavy atom. The minimum atomic E-state index is 0.859. The molecule has 0 atom stereocenters. The van der Waals surface area contributed by atoms with E-state index in [0.717, 1.165) is 12.2 Å². The minimum Gasteiger partial charge on any atom is -0.394 e. The van der Waals surface area contributed by atoms with Crippen molar-refractivity contribution >= 4 is 5.69 Å². The first kappa shape index (κ1) is 20.0. The molecule has 132 valence electrons. The SMILES string of the molecule is CCCCCCCCCCCCCCCC[n+]1cccc(N)c1.